The van der Waals surface area contributed by atoms with E-state index in [0.717, 1.165) is 18.5 Å². The Morgan fingerprint density at radius 3 is 2.87 bits per heavy atom. The van der Waals surface area contributed by atoms with Crippen LogP contribution >= 0.6 is 0 Å². The van der Waals surface area contributed by atoms with Crippen LogP contribution in [0.15, 0.2) is 35.4 Å². The number of nitrogens with zero attached hydrogens (tertiary/aromatic N) is 8. The molecule has 1 aliphatic heterocycles. The van der Waals surface area contributed by atoms with Crippen LogP contribution in [0.2, 0.25) is 0 Å². The van der Waals surface area contributed by atoms with Crippen LogP contribution < -0.4 is 10.6 Å². The summed E-state index contributed by atoms with van der Waals surface area (Å²) in [5.41, 5.74) is 1.97. The van der Waals surface area contributed by atoms with Gasteiger partial charge in [-0.25, -0.2) is 9.78 Å². The van der Waals surface area contributed by atoms with Crippen molar-refractivity contribution in [3.8, 4) is 5.69 Å². The van der Waals surface area contributed by atoms with Gasteiger partial charge in [0.25, 0.3) is 0 Å². The molecule has 0 saturated carbocycles. The molecule has 0 spiro atoms. The number of fused-ring (bicyclic) bond motifs is 1. The number of carboxylic acids is 1. The topological polar surface area (TPSA) is 174 Å². The fourth-order valence-corrected chi connectivity index (χ4v) is 4.02. The van der Waals surface area contributed by atoms with E-state index >= 15 is 0 Å². The van der Waals surface area contributed by atoms with Gasteiger partial charge in [-0.2, -0.15) is 14.8 Å². The lowest BCUT2D eigenvalue weighted by atomic mass is 9.97. The first-order chi connectivity index (χ1) is 18.7. The molecular formula is C25H34N10O4. The third-order valence-electron chi connectivity index (χ3n) is 5.79. The first-order valence-electron chi connectivity index (χ1n) is 12.9. The number of aliphatic imine (C=N–C) groups is 1. The fraction of sp³-hybridized carbons (Fsp3) is 0.520. The molecule has 14 nitrogen and oxygen atoms in total. The summed E-state index contributed by atoms with van der Waals surface area (Å²) in [5.74, 6) is -0.194. The van der Waals surface area contributed by atoms with Crippen molar-refractivity contribution in [2.24, 2.45) is 10.9 Å². The number of amides is 1. The van der Waals surface area contributed by atoms with Gasteiger partial charge in [0.2, 0.25) is 5.95 Å². The molecule has 1 unspecified atom stereocenters. The summed E-state index contributed by atoms with van der Waals surface area (Å²) in [7, 11) is 0. The van der Waals surface area contributed by atoms with Gasteiger partial charge in [-0.15, -0.1) is 5.10 Å². The number of carbonyl (C=O) groups excluding carboxylic acids is 1. The zero-order valence-electron chi connectivity index (χ0n) is 22.4. The number of carbonyl (C=O) groups is 2. The van der Waals surface area contributed by atoms with Crippen LogP contribution in [0.3, 0.4) is 0 Å². The summed E-state index contributed by atoms with van der Waals surface area (Å²) in [6.45, 7) is 7.18. The maximum absolute atomic E-state index is 11.8. The van der Waals surface area contributed by atoms with Crippen LogP contribution in [0, 0.1) is 5.92 Å². The number of anilines is 1. The van der Waals surface area contributed by atoms with E-state index in [-0.39, 0.29) is 12.3 Å². The summed E-state index contributed by atoms with van der Waals surface area (Å²) in [4.78, 5) is 36.0. The van der Waals surface area contributed by atoms with E-state index in [1.54, 1.807) is 28.0 Å². The number of carboxylic acid groups (broad SMARTS) is 1. The summed E-state index contributed by atoms with van der Waals surface area (Å²) >= 11 is 0. The van der Waals surface area contributed by atoms with Crippen LogP contribution in [-0.4, -0.2) is 76.8 Å². The molecule has 0 fully saturated rings. The highest BCUT2D eigenvalue weighted by atomic mass is 16.6. The van der Waals surface area contributed by atoms with Gasteiger partial charge in [-0.3, -0.25) is 14.5 Å². The van der Waals surface area contributed by atoms with Gasteiger partial charge in [-0.1, -0.05) is 11.3 Å². The van der Waals surface area contributed by atoms with E-state index in [0.29, 0.717) is 55.3 Å². The summed E-state index contributed by atoms with van der Waals surface area (Å²) < 4.78 is 8.59. The number of aliphatic carboxylic acids is 1. The fourth-order valence-electron chi connectivity index (χ4n) is 4.02. The molecule has 0 aliphatic carbocycles. The first-order valence-corrected chi connectivity index (χ1v) is 12.9. The highest BCUT2D eigenvalue weighted by Crippen LogP contribution is 2.20. The quantitative estimate of drug-likeness (QED) is 0.308. The predicted octanol–water partition coefficient (Wildman–Crippen LogP) is 2.96. The molecule has 0 saturated heterocycles. The Balaban J connectivity index is 1.38. The van der Waals surface area contributed by atoms with Crippen molar-refractivity contribution < 1.29 is 19.4 Å². The first kappa shape index (κ1) is 27.7. The lowest BCUT2D eigenvalue weighted by Crippen LogP contribution is -2.33. The number of allylic oxidation sites excluding steroid dienone is 2. The zero-order chi connectivity index (χ0) is 27.8. The second kappa shape index (κ2) is 12.5. The molecule has 1 aliphatic rings. The van der Waals surface area contributed by atoms with Crippen LogP contribution in [0.4, 0.5) is 10.7 Å². The molecule has 4 rings (SSSR count). The second-order valence-corrected chi connectivity index (χ2v) is 10.3. The van der Waals surface area contributed by atoms with Crippen molar-refractivity contribution in [3.05, 3.63) is 30.4 Å². The van der Waals surface area contributed by atoms with Crippen molar-refractivity contribution in [3.63, 3.8) is 0 Å². The van der Waals surface area contributed by atoms with Gasteiger partial charge in [0.1, 0.15) is 11.3 Å². The number of hydrogen-bond acceptors (Lipinski definition) is 10. The lowest BCUT2D eigenvalue weighted by Gasteiger charge is -2.19. The minimum absolute atomic E-state index is 0.157. The predicted molar refractivity (Wildman–Crippen MR) is 144 cm³/mol. The second-order valence-electron chi connectivity index (χ2n) is 10.3. The number of ether oxygens (including phenoxy) is 1. The highest BCUT2D eigenvalue weighted by Gasteiger charge is 2.16. The SMILES string of the molecule is CC(C)(C)OC(=O)NCCCn1cc(-n2nnc3cnc(NC4=CC(CCCC(=O)O)CCN=C4)nc32)cn1. The number of hydrogen-bond donors (Lipinski definition) is 3. The van der Waals surface area contributed by atoms with Crippen molar-refractivity contribution >= 4 is 35.4 Å². The van der Waals surface area contributed by atoms with E-state index in [2.05, 4.69) is 47.1 Å². The molecule has 1 amide bonds. The van der Waals surface area contributed by atoms with Crippen molar-refractivity contribution in [2.75, 3.05) is 18.4 Å². The Morgan fingerprint density at radius 1 is 1.23 bits per heavy atom. The Hall–Kier alpha value is -4.36. The third-order valence-corrected chi connectivity index (χ3v) is 5.79. The van der Waals surface area contributed by atoms with Crippen LogP contribution in [0.1, 0.15) is 52.9 Å². The van der Waals surface area contributed by atoms with Gasteiger partial charge in [-0.05, 0) is 52.4 Å². The Kier molecular flexibility index (Phi) is 8.84. The number of nitrogens with one attached hydrogen (secondary N) is 2. The standard InChI is InChI=1S/C25H34N10O4/c1-25(2,3)39-24(38)27-9-5-11-34-16-19(14-29-34)35-22-20(32-33-35)15-28-23(31-22)30-18-12-17(8-10-26-13-18)6-4-7-21(36)37/h12-17H,4-11H2,1-3H3,(H,27,38)(H,36,37)(H,28,30,31). The Labute approximate surface area is 225 Å². The highest BCUT2D eigenvalue weighted by molar-refractivity contribution is 5.83. The van der Waals surface area contributed by atoms with Crippen LogP contribution in [0.25, 0.3) is 16.9 Å². The molecule has 4 heterocycles. The van der Waals surface area contributed by atoms with Crippen molar-refractivity contribution in [2.45, 2.75) is 65.0 Å². The molecule has 3 aromatic heterocycles. The molecule has 208 valence electrons. The molecule has 39 heavy (non-hydrogen) atoms. The molecular weight excluding hydrogens is 504 g/mol. The minimum Gasteiger partial charge on any atom is -0.481 e. The monoisotopic (exact) mass is 538 g/mol. The van der Waals surface area contributed by atoms with Crippen molar-refractivity contribution in [1.29, 1.82) is 0 Å². The van der Waals surface area contributed by atoms with Crippen LogP contribution in [-0.2, 0) is 16.1 Å². The minimum atomic E-state index is -0.783. The third kappa shape index (κ3) is 8.32. The van der Waals surface area contributed by atoms with E-state index in [9.17, 15) is 9.59 Å². The summed E-state index contributed by atoms with van der Waals surface area (Å²) in [6, 6.07) is 0. The average Bonchev–Trinajstić information content (AvgIpc) is 3.43. The molecule has 14 heteroatoms. The van der Waals surface area contributed by atoms with E-state index in [1.165, 1.54) is 0 Å². The van der Waals surface area contributed by atoms with Gasteiger partial charge >= 0.3 is 12.1 Å². The zero-order valence-corrected chi connectivity index (χ0v) is 22.4. The maximum Gasteiger partial charge on any atom is 0.407 e. The molecule has 0 radical (unpaired) electrons. The molecule has 1 atom stereocenters. The normalized spacial score (nSPS) is 15.6. The Bertz CT molecular complexity index is 1350. The number of aryl methyl sites for hydroxylation is 1. The summed E-state index contributed by atoms with van der Waals surface area (Å²) in [6.07, 6.45) is 11.5. The van der Waals surface area contributed by atoms with Gasteiger partial charge in [0, 0.05) is 32.3 Å². The lowest BCUT2D eigenvalue weighted by molar-refractivity contribution is -0.137. The molecule has 0 aromatic carbocycles. The van der Waals surface area contributed by atoms with Crippen molar-refractivity contribution in [1.82, 2.24) is 40.1 Å². The van der Waals surface area contributed by atoms with Crippen LogP contribution in [0.5, 0.6) is 0 Å². The number of aromatic nitrogens is 7. The molecule has 3 N–H and O–H groups in total. The van der Waals surface area contributed by atoms with Gasteiger partial charge in [0.15, 0.2) is 11.2 Å². The van der Waals surface area contributed by atoms with E-state index in [1.807, 2.05) is 27.0 Å². The number of alkyl carbamates (subject to hydrolysis) is 1. The van der Waals surface area contributed by atoms with Gasteiger partial charge < -0.3 is 20.5 Å². The van der Waals surface area contributed by atoms with Gasteiger partial charge in [0.05, 0.1) is 24.3 Å². The maximum atomic E-state index is 11.8. The summed E-state index contributed by atoms with van der Waals surface area (Å²) in [5, 5.41) is 27.6. The smallest absolute Gasteiger partial charge is 0.407 e. The average molecular weight is 539 g/mol. The van der Waals surface area contributed by atoms with E-state index < -0.39 is 17.7 Å². The largest absolute Gasteiger partial charge is 0.481 e. The molecule has 3 aromatic rings. The number of rotatable bonds is 11. The Morgan fingerprint density at radius 2 is 2.08 bits per heavy atom. The van der Waals surface area contributed by atoms with E-state index in [4.69, 9.17) is 9.84 Å². The molecule has 0 bridgehead atoms.